The number of nitrogens with zero attached hydrogens (tertiary/aromatic N) is 1. The van der Waals surface area contributed by atoms with Crippen LogP contribution in [0.1, 0.15) is 30.3 Å². The Morgan fingerprint density at radius 2 is 2.32 bits per heavy atom. The van der Waals surface area contributed by atoms with E-state index in [0.717, 1.165) is 0 Å². The second kappa shape index (κ2) is 7.16. The molecule has 0 amide bonds. The molecule has 7 nitrogen and oxygen atoms in total. The van der Waals surface area contributed by atoms with E-state index in [-0.39, 0.29) is 18.4 Å². The largest absolute Gasteiger partial charge is 0.500 e. The topological polar surface area (TPSA) is 97.6 Å². The van der Waals surface area contributed by atoms with Gasteiger partial charge < -0.3 is 24.0 Å². The number of hydrogen-bond acceptors (Lipinski definition) is 6. The highest BCUT2D eigenvalue weighted by molar-refractivity contribution is 6.29. The lowest BCUT2D eigenvalue weighted by Crippen LogP contribution is -2.25. The number of carbonyl (C=O) groups excluding carboxylic acids is 1. The lowest BCUT2D eigenvalue weighted by molar-refractivity contribution is -0.149. The fourth-order valence-corrected chi connectivity index (χ4v) is 2.79. The highest BCUT2D eigenvalue weighted by Gasteiger charge is 2.34. The summed E-state index contributed by atoms with van der Waals surface area (Å²) in [5, 5.41) is 10.1. The maximum Gasteiger partial charge on any atom is 0.334 e. The molecule has 0 aromatic carbocycles. The van der Waals surface area contributed by atoms with Crippen LogP contribution in [0.2, 0.25) is 5.15 Å². The number of oxazole rings is 1. The van der Waals surface area contributed by atoms with Gasteiger partial charge in [-0.05, 0) is 18.2 Å². The van der Waals surface area contributed by atoms with Crippen LogP contribution in [-0.2, 0) is 14.3 Å². The molecule has 2 atom stereocenters. The third-order valence-electron chi connectivity index (χ3n) is 3.90. The number of nitrogens with one attached hydrogen (secondary N) is 1. The minimum absolute atomic E-state index is 0.204. The number of carbonyl (C=O) groups is 1. The normalized spacial score (nSPS) is 21.0. The van der Waals surface area contributed by atoms with E-state index in [1.165, 1.54) is 19.4 Å². The lowest BCUT2D eigenvalue weighted by Gasteiger charge is -2.27. The second-order valence-corrected chi connectivity index (χ2v) is 5.97. The highest BCUT2D eigenvalue weighted by atomic mass is 35.5. The van der Waals surface area contributed by atoms with E-state index in [9.17, 15) is 9.90 Å². The number of aliphatic hydroxyl groups excluding tert-OH is 1. The molecule has 1 aliphatic heterocycles. The molecule has 8 heteroatoms. The van der Waals surface area contributed by atoms with Crippen LogP contribution in [0.3, 0.4) is 0 Å². The number of aliphatic hydroxyl groups is 1. The summed E-state index contributed by atoms with van der Waals surface area (Å²) in [6.07, 6.45) is 3.78. The Morgan fingerprint density at radius 1 is 1.52 bits per heavy atom. The average molecular weight is 365 g/mol. The number of aromatic amines is 1. The molecule has 0 bridgehead atoms. The summed E-state index contributed by atoms with van der Waals surface area (Å²) in [7, 11) is 1.50. The molecule has 0 unspecified atom stereocenters. The molecule has 2 aromatic heterocycles. The van der Waals surface area contributed by atoms with Gasteiger partial charge in [-0.2, -0.15) is 0 Å². The van der Waals surface area contributed by atoms with Gasteiger partial charge in [-0.25, -0.2) is 9.78 Å². The molecule has 1 aliphatic rings. The van der Waals surface area contributed by atoms with Crippen molar-refractivity contribution in [2.45, 2.75) is 13.0 Å². The molecule has 2 aromatic rings. The molecule has 0 radical (unpaired) electrons. The fraction of sp³-hybridized carbons (Fsp3) is 0.294. The summed E-state index contributed by atoms with van der Waals surface area (Å²) >= 11 is 5.84. The number of ether oxygens (including phenoxy) is 2. The van der Waals surface area contributed by atoms with Gasteiger partial charge in [0.1, 0.15) is 22.9 Å². The van der Waals surface area contributed by atoms with Gasteiger partial charge in [-0.3, -0.25) is 0 Å². The van der Waals surface area contributed by atoms with Crippen molar-refractivity contribution in [2.24, 2.45) is 5.92 Å². The second-order valence-electron chi connectivity index (χ2n) is 5.56. The fourth-order valence-electron chi connectivity index (χ4n) is 2.61. The molecule has 0 aliphatic carbocycles. The molecule has 0 fully saturated rings. The van der Waals surface area contributed by atoms with Crippen LogP contribution in [0.5, 0.6) is 0 Å². The van der Waals surface area contributed by atoms with Crippen molar-refractivity contribution in [1.82, 2.24) is 9.97 Å². The zero-order valence-corrected chi connectivity index (χ0v) is 14.4. The van der Waals surface area contributed by atoms with Gasteiger partial charge in [-0.1, -0.05) is 18.5 Å². The summed E-state index contributed by atoms with van der Waals surface area (Å²) in [5.41, 5.74) is 1.61. The number of aromatic nitrogens is 2. The zero-order chi connectivity index (χ0) is 18.0. The molecule has 0 saturated heterocycles. The van der Waals surface area contributed by atoms with E-state index in [1.54, 1.807) is 18.2 Å². The van der Waals surface area contributed by atoms with Crippen molar-refractivity contribution in [1.29, 1.82) is 0 Å². The summed E-state index contributed by atoms with van der Waals surface area (Å²) in [6.45, 7) is 1.59. The Morgan fingerprint density at radius 3 is 2.96 bits per heavy atom. The highest BCUT2D eigenvalue weighted by Crippen LogP contribution is 2.35. The summed E-state index contributed by atoms with van der Waals surface area (Å²) in [5.74, 6) is 0.0533. The van der Waals surface area contributed by atoms with E-state index in [0.29, 0.717) is 27.9 Å². The number of hydrogen-bond donors (Lipinski definition) is 2. The Balaban J connectivity index is 1.87. The molecular weight excluding hydrogens is 348 g/mol. The SMILES string of the molecule is COC1=CC(=O)O[C@H](c2coc(/C(=C/c3ccc(Cl)[nH]3)CO)n2)[C@@H]1C. The van der Waals surface area contributed by atoms with Crippen LogP contribution in [0.25, 0.3) is 11.6 Å². The first kappa shape index (κ1) is 17.3. The van der Waals surface area contributed by atoms with Crippen molar-refractivity contribution in [3.05, 3.63) is 52.7 Å². The number of methoxy groups -OCH3 is 1. The molecule has 0 saturated carbocycles. The smallest absolute Gasteiger partial charge is 0.334 e. The molecular formula is C17H17ClN2O5. The maximum atomic E-state index is 11.7. The lowest BCUT2D eigenvalue weighted by atomic mass is 9.97. The Bertz CT molecular complexity index is 836. The third kappa shape index (κ3) is 3.62. The third-order valence-corrected chi connectivity index (χ3v) is 4.12. The Hall–Kier alpha value is -2.51. The quantitative estimate of drug-likeness (QED) is 0.791. The number of cyclic esters (lactones) is 1. The maximum absolute atomic E-state index is 11.7. The predicted octanol–water partition coefficient (Wildman–Crippen LogP) is 2.95. The first-order valence-corrected chi connectivity index (χ1v) is 7.97. The van der Waals surface area contributed by atoms with Crippen LogP contribution < -0.4 is 0 Å². The first-order valence-electron chi connectivity index (χ1n) is 7.59. The summed E-state index contributed by atoms with van der Waals surface area (Å²) < 4.78 is 16.0. The van der Waals surface area contributed by atoms with E-state index in [2.05, 4.69) is 9.97 Å². The van der Waals surface area contributed by atoms with Gasteiger partial charge in [0.15, 0.2) is 6.10 Å². The minimum Gasteiger partial charge on any atom is -0.500 e. The van der Waals surface area contributed by atoms with Crippen molar-refractivity contribution < 1.29 is 23.8 Å². The monoisotopic (exact) mass is 364 g/mol. The van der Waals surface area contributed by atoms with E-state index in [1.807, 2.05) is 6.92 Å². The van der Waals surface area contributed by atoms with E-state index < -0.39 is 12.1 Å². The van der Waals surface area contributed by atoms with Crippen LogP contribution >= 0.6 is 11.6 Å². The van der Waals surface area contributed by atoms with Crippen molar-refractivity contribution in [3.8, 4) is 0 Å². The number of H-pyrrole nitrogens is 1. The van der Waals surface area contributed by atoms with Crippen LogP contribution in [-0.4, -0.2) is 34.8 Å². The van der Waals surface area contributed by atoms with Gasteiger partial charge in [0.25, 0.3) is 0 Å². The van der Waals surface area contributed by atoms with Crippen molar-refractivity contribution >= 4 is 29.2 Å². The first-order chi connectivity index (χ1) is 12.0. The molecule has 132 valence electrons. The minimum atomic E-state index is -0.621. The van der Waals surface area contributed by atoms with Crippen molar-refractivity contribution in [2.75, 3.05) is 13.7 Å². The zero-order valence-electron chi connectivity index (χ0n) is 13.7. The van der Waals surface area contributed by atoms with Gasteiger partial charge in [0.05, 0.1) is 25.7 Å². The standard InChI is InChI=1S/C17H17ClN2O5/c1-9-13(23-2)6-15(22)25-16(9)12-8-24-17(20-12)10(7-21)5-11-3-4-14(18)19-11/h3-6,8-9,16,19,21H,7H2,1-2H3/b10-5+/t9-,16+/m1/s1. The predicted molar refractivity (Wildman–Crippen MR) is 90.4 cm³/mol. The number of halogens is 1. The molecule has 3 rings (SSSR count). The molecule has 25 heavy (non-hydrogen) atoms. The van der Waals surface area contributed by atoms with Crippen molar-refractivity contribution in [3.63, 3.8) is 0 Å². The van der Waals surface area contributed by atoms with Crippen LogP contribution in [0, 0.1) is 5.92 Å². The molecule has 0 spiro atoms. The number of esters is 1. The number of rotatable bonds is 5. The molecule has 3 heterocycles. The Labute approximate surface area is 148 Å². The summed E-state index contributed by atoms with van der Waals surface area (Å²) in [6, 6.07) is 3.47. The van der Waals surface area contributed by atoms with Gasteiger partial charge in [-0.15, -0.1) is 0 Å². The van der Waals surface area contributed by atoms with Gasteiger partial charge in [0, 0.05) is 11.3 Å². The van der Waals surface area contributed by atoms with Gasteiger partial charge in [0.2, 0.25) is 5.89 Å². The molecule has 2 N–H and O–H groups in total. The Kier molecular flexibility index (Phi) is 4.96. The van der Waals surface area contributed by atoms with E-state index >= 15 is 0 Å². The van der Waals surface area contributed by atoms with Crippen LogP contribution in [0.4, 0.5) is 0 Å². The average Bonchev–Trinajstić information content (AvgIpc) is 3.23. The van der Waals surface area contributed by atoms with E-state index in [4.69, 9.17) is 25.5 Å². The van der Waals surface area contributed by atoms with Crippen LogP contribution in [0.15, 0.2) is 34.6 Å². The summed E-state index contributed by atoms with van der Waals surface area (Å²) in [4.78, 5) is 19.0. The van der Waals surface area contributed by atoms with Gasteiger partial charge >= 0.3 is 5.97 Å².